The van der Waals surface area contributed by atoms with Crippen LogP contribution in [0, 0.1) is 12.8 Å². The fourth-order valence-corrected chi connectivity index (χ4v) is 2.44. The zero-order valence-corrected chi connectivity index (χ0v) is 8.40. The van der Waals surface area contributed by atoms with Crippen molar-refractivity contribution in [3.8, 4) is 0 Å². The van der Waals surface area contributed by atoms with Crippen LogP contribution in [0.2, 0.25) is 0 Å². The second-order valence-corrected chi connectivity index (χ2v) is 4.62. The van der Waals surface area contributed by atoms with Gasteiger partial charge in [-0.1, -0.05) is 6.92 Å². The van der Waals surface area contributed by atoms with Gasteiger partial charge in [-0.05, 0) is 12.8 Å². The lowest BCUT2D eigenvalue weighted by atomic mass is 10.0. The van der Waals surface area contributed by atoms with Crippen LogP contribution in [0.25, 0.3) is 0 Å². The third kappa shape index (κ3) is 1.67. The Morgan fingerprint density at radius 2 is 2.42 bits per heavy atom. The Kier molecular flexibility index (Phi) is 2.15. The van der Waals surface area contributed by atoms with Crippen molar-refractivity contribution in [1.82, 2.24) is 9.88 Å². The normalized spacial score (nSPS) is 19.5. The van der Waals surface area contributed by atoms with Crippen molar-refractivity contribution in [3.63, 3.8) is 0 Å². The molecular weight excluding hydrogens is 168 g/mol. The molecule has 12 heavy (non-hydrogen) atoms. The van der Waals surface area contributed by atoms with Gasteiger partial charge in [0.2, 0.25) is 0 Å². The average Bonchev–Trinajstić information content (AvgIpc) is 2.33. The van der Waals surface area contributed by atoms with E-state index in [9.17, 15) is 0 Å². The Labute approximate surface area is 77.2 Å². The molecule has 1 aliphatic heterocycles. The summed E-state index contributed by atoms with van der Waals surface area (Å²) in [4.78, 5) is 6.88. The number of rotatable bonds is 2. The zero-order chi connectivity index (χ0) is 8.55. The summed E-state index contributed by atoms with van der Waals surface area (Å²) in [6.07, 6.45) is 0. The molecule has 0 amide bonds. The van der Waals surface area contributed by atoms with Gasteiger partial charge in [0.15, 0.2) is 0 Å². The van der Waals surface area contributed by atoms with Crippen LogP contribution >= 0.6 is 11.3 Å². The summed E-state index contributed by atoms with van der Waals surface area (Å²) in [5.74, 6) is 0.894. The van der Waals surface area contributed by atoms with E-state index in [0.29, 0.717) is 0 Å². The highest BCUT2D eigenvalue weighted by atomic mass is 32.1. The van der Waals surface area contributed by atoms with Crippen LogP contribution in [-0.4, -0.2) is 23.0 Å². The standard InChI is InChI=1S/C9H14N2S/c1-7-3-11(4-7)5-9-10-8(2)6-12-9/h6-7H,3-5H2,1-2H3. The van der Waals surface area contributed by atoms with Crippen LogP contribution in [0.3, 0.4) is 0 Å². The van der Waals surface area contributed by atoms with Crippen molar-refractivity contribution in [1.29, 1.82) is 0 Å². The molecule has 1 aromatic rings. The van der Waals surface area contributed by atoms with Gasteiger partial charge in [0, 0.05) is 24.2 Å². The molecule has 1 aliphatic rings. The molecule has 1 aromatic heterocycles. The summed E-state index contributed by atoms with van der Waals surface area (Å²) in [6, 6.07) is 0. The predicted octanol–water partition coefficient (Wildman–Crippen LogP) is 1.90. The van der Waals surface area contributed by atoms with E-state index in [1.165, 1.54) is 18.1 Å². The quantitative estimate of drug-likeness (QED) is 0.694. The molecule has 2 heterocycles. The van der Waals surface area contributed by atoms with Crippen molar-refractivity contribution in [3.05, 3.63) is 16.1 Å². The Bertz CT molecular complexity index is 263. The maximum absolute atomic E-state index is 4.43. The number of hydrogen-bond donors (Lipinski definition) is 0. The fraction of sp³-hybridized carbons (Fsp3) is 0.667. The summed E-state index contributed by atoms with van der Waals surface area (Å²) >= 11 is 1.78. The van der Waals surface area contributed by atoms with Crippen LogP contribution < -0.4 is 0 Å². The summed E-state index contributed by atoms with van der Waals surface area (Å²) in [5.41, 5.74) is 1.16. The van der Waals surface area contributed by atoms with E-state index >= 15 is 0 Å². The third-order valence-corrected chi connectivity index (χ3v) is 3.12. The van der Waals surface area contributed by atoms with E-state index in [1.54, 1.807) is 11.3 Å². The van der Waals surface area contributed by atoms with Gasteiger partial charge < -0.3 is 0 Å². The van der Waals surface area contributed by atoms with Gasteiger partial charge in [-0.25, -0.2) is 4.98 Å². The van der Waals surface area contributed by atoms with E-state index < -0.39 is 0 Å². The van der Waals surface area contributed by atoms with Gasteiger partial charge in [-0.3, -0.25) is 4.90 Å². The lowest BCUT2D eigenvalue weighted by Crippen LogP contribution is -2.44. The summed E-state index contributed by atoms with van der Waals surface area (Å²) < 4.78 is 0. The molecule has 66 valence electrons. The molecule has 0 bridgehead atoms. The van der Waals surface area contributed by atoms with E-state index in [-0.39, 0.29) is 0 Å². The first kappa shape index (κ1) is 8.20. The van der Waals surface area contributed by atoms with Crippen molar-refractivity contribution in [2.45, 2.75) is 20.4 Å². The van der Waals surface area contributed by atoms with Crippen LogP contribution in [0.1, 0.15) is 17.6 Å². The first-order chi connectivity index (χ1) is 5.74. The molecule has 1 saturated heterocycles. The highest BCUT2D eigenvalue weighted by molar-refractivity contribution is 7.09. The summed E-state index contributed by atoms with van der Waals surface area (Å²) in [6.45, 7) is 7.91. The van der Waals surface area contributed by atoms with Crippen LogP contribution in [-0.2, 0) is 6.54 Å². The number of likely N-dealkylation sites (tertiary alicyclic amines) is 1. The molecule has 2 nitrogen and oxygen atoms in total. The predicted molar refractivity (Wildman–Crippen MR) is 51.3 cm³/mol. The average molecular weight is 182 g/mol. The molecule has 0 radical (unpaired) electrons. The number of thiazole rings is 1. The van der Waals surface area contributed by atoms with E-state index in [0.717, 1.165) is 18.2 Å². The Hall–Kier alpha value is -0.410. The molecular formula is C9H14N2S. The van der Waals surface area contributed by atoms with Crippen molar-refractivity contribution >= 4 is 11.3 Å². The maximum atomic E-state index is 4.43. The summed E-state index contributed by atoms with van der Waals surface area (Å²) in [5, 5.41) is 3.39. The van der Waals surface area contributed by atoms with Gasteiger partial charge in [0.25, 0.3) is 0 Å². The van der Waals surface area contributed by atoms with Crippen LogP contribution in [0.15, 0.2) is 5.38 Å². The molecule has 0 saturated carbocycles. The minimum absolute atomic E-state index is 0.894. The zero-order valence-electron chi connectivity index (χ0n) is 7.58. The Morgan fingerprint density at radius 1 is 1.67 bits per heavy atom. The van der Waals surface area contributed by atoms with Crippen molar-refractivity contribution in [2.75, 3.05) is 13.1 Å². The van der Waals surface area contributed by atoms with Gasteiger partial charge in [0.1, 0.15) is 5.01 Å². The van der Waals surface area contributed by atoms with Crippen LogP contribution in [0.5, 0.6) is 0 Å². The first-order valence-corrected chi connectivity index (χ1v) is 5.25. The molecule has 0 aromatic carbocycles. The highest BCUT2D eigenvalue weighted by Crippen LogP contribution is 2.19. The SMILES string of the molecule is Cc1csc(CN2CC(C)C2)n1. The number of nitrogens with zero attached hydrogens (tertiary/aromatic N) is 2. The molecule has 0 unspecified atom stereocenters. The molecule has 0 aliphatic carbocycles. The van der Waals surface area contributed by atoms with E-state index in [4.69, 9.17) is 0 Å². The Morgan fingerprint density at radius 3 is 2.92 bits per heavy atom. The second-order valence-electron chi connectivity index (χ2n) is 3.68. The smallest absolute Gasteiger partial charge is 0.107 e. The van der Waals surface area contributed by atoms with Crippen molar-refractivity contribution in [2.24, 2.45) is 5.92 Å². The number of hydrogen-bond acceptors (Lipinski definition) is 3. The molecule has 2 rings (SSSR count). The largest absolute Gasteiger partial charge is 0.296 e. The van der Waals surface area contributed by atoms with E-state index in [2.05, 4.69) is 29.1 Å². The second kappa shape index (κ2) is 3.15. The van der Waals surface area contributed by atoms with Crippen LogP contribution in [0.4, 0.5) is 0 Å². The third-order valence-electron chi connectivity index (χ3n) is 2.17. The fourth-order valence-electron chi connectivity index (χ4n) is 1.62. The monoisotopic (exact) mass is 182 g/mol. The van der Waals surface area contributed by atoms with Gasteiger partial charge >= 0.3 is 0 Å². The maximum Gasteiger partial charge on any atom is 0.107 e. The van der Waals surface area contributed by atoms with Gasteiger partial charge in [-0.15, -0.1) is 11.3 Å². The molecule has 0 atom stereocenters. The van der Waals surface area contributed by atoms with Gasteiger partial charge in [-0.2, -0.15) is 0 Å². The topological polar surface area (TPSA) is 16.1 Å². The molecule has 3 heteroatoms. The minimum atomic E-state index is 0.894. The number of aryl methyl sites for hydroxylation is 1. The highest BCUT2D eigenvalue weighted by Gasteiger charge is 2.22. The summed E-state index contributed by atoms with van der Waals surface area (Å²) in [7, 11) is 0. The first-order valence-electron chi connectivity index (χ1n) is 4.37. The van der Waals surface area contributed by atoms with Crippen molar-refractivity contribution < 1.29 is 0 Å². The molecule has 0 N–H and O–H groups in total. The number of aromatic nitrogens is 1. The molecule has 0 spiro atoms. The molecule has 1 fully saturated rings. The lowest BCUT2D eigenvalue weighted by molar-refractivity contribution is 0.105. The van der Waals surface area contributed by atoms with Gasteiger partial charge in [0.05, 0.1) is 6.54 Å². The lowest BCUT2D eigenvalue weighted by Gasteiger charge is -2.36. The minimum Gasteiger partial charge on any atom is -0.296 e. The van der Waals surface area contributed by atoms with E-state index in [1.807, 2.05) is 0 Å². The Balaban J connectivity index is 1.88.